The quantitative estimate of drug-likeness (QED) is 0.452. The Labute approximate surface area is 126 Å². The largest absolute Gasteiger partial charge is 0.479 e. The summed E-state index contributed by atoms with van der Waals surface area (Å²) >= 11 is 5.51. The number of hydrogen-bond donors (Lipinski definition) is 2. The molecular formula is C14H15ClO6. The Morgan fingerprint density at radius 2 is 2.00 bits per heavy atom. The minimum Gasteiger partial charge on any atom is -0.479 e. The maximum Gasteiger partial charge on any atom is 0.339 e. The molecule has 0 aromatic heterocycles. The first-order valence-corrected chi connectivity index (χ1v) is 6.77. The Morgan fingerprint density at radius 3 is 2.52 bits per heavy atom. The molecular weight excluding hydrogens is 300 g/mol. The Morgan fingerprint density at radius 1 is 1.33 bits per heavy atom. The van der Waals surface area contributed by atoms with Crippen LogP contribution in [0.5, 0.6) is 0 Å². The SMILES string of the molecule is CCOC(=O)c1c(C(=O)CCCl)cccc1C(O)C(=O)O. The second-order valence-corrected chi connectivity index (χ2v) is 4.47. The molecule has 0 fully saturated rings. The van der Waals surface area contributed by atoms with Gasteiger partial charge in [-0.2, -0.15) is 0 Å². The number of ketones is 1. The lowest BCUT2D eigenvalue weighted by Gasteiger charge is -2.15. The molecule has 0 saturated heterocycles. The first-order chi connectivity index (χ1) is 9.93. The highest BCUT2D eigenvalue weighted by Gasteiger charge is 2.28. The van der Waals surface area contributed by atoms with Crippen LogP contribution < -0.4 is 0 Å². The van der Waals surface area contributed by atoms with Crippen molar-refractivity contribution in [3.8, 4) is 0 Å². The van der Waals surface area contributed by atoms with Gasteiger partial charge < -0.3 is 14.9 Å². The van der Waals surface area contributed by atoms with Gasteiger partial charge in [0.05, 0.1) is 12.2 Å². The highest BCUT2D eigenvalue weighted by Crippen LogP contribution is 2.24. The van der Waals surface area contributed by atoms with Crippen molar-refractivity contribution in [3.63, 3.8) is 0 Å². The van der Waals surface area contributed by atoms with Crippen LogP contribution in [0.3, 0.4) is 0 Å². The number of alkyl halides is 1. The lowest BCUT2D eigenvalue weighted by molar-refractivity contribution is -0.146. The van der Waals surface area contributed by atoms with Crippen molar-refractivity contribution in [2.75, 3.05) is 12.5 Å². The van der Waals surface area contributed by atoms with Gasteiger partial charge in [-0.05, 0) is 6.92 Å². The third-order valence-corrected chi connectivity index (χ3v) is 2.92. The van der Waals surface area contributed by atoms with Gasteiger partial charge in [-0.3, -0.25) is 4.79 Å². The van der Waals surface area contributed by atoms with E-state index in [9.17, 15) is 19.5 Å². The molecule has 1 atom stereocenters. The highest BCUT2D eigenvalue weighted by molar-refractivity contribution is 6.20. The van der Waals surface area contributed by atoms with Crippen molar-refractivity contribution >= 4 is 29.3 Å². The Kier molecular flexibility index (Phi) is 6.33. The van der Waals surface area contributed by atoms with Gasteiger partial charge in [0.15, 0.2) is 11.9 Å². The molecule has 0 aliphatic carbocycles. The molecule has 0 aliphatic heterocycles. The summed E-state index contributed by atoms with van der Waals surface area (Å²) in [4.78, 5) is 34.9. The molecule has 1 unspecified atom stereocenters. The van der Waals surface area contributed by atoms with Crippen LogP contribution in [-0.2, 0) is 9.53 Å². The van der Waals surface area contributed by atoms with E-state index in [1.54, 1.807) is 6.92 Å². The van der Waals surface area contributed by atoms with Gasteiger partial charge in [0.1, 0.15) is 0 Å². The van der Waals surface area contributed by atoms with Crippen molar-refractivity contribution in [2.24, 2.45) is 0 Å². The van der Waals surface area contributed by atoms with Crippen molar-refractivity contribution in [1.29, 1.82) is 0 Å². The van der Waals surface area contributed by atoms with Crippen molar-refractivity contribution in [3.05, 3.63) is 34.9 Å². The number of esters is 1. The Hall–Kier alpha value is -1.92. The molecule has 21 heavy (non-hydrogen) atoms. The van der Waals surface area contributed by atoms with Gasteiger partial charge in [-0.25, -0.2) is 9.59 Å². The molecule has 1 aromatic rings. The van der Waals surface area contributed by atoms with E-state index in [1.165, 1.54) is 18.2 Å². The van der Waals surface area contributed by atoms with Gasteiger partial charge in [0.25, 0.3) is 0 Å². The second kappa shape index (κ2) is 7.75. The number of aliphatic carboxylic acids is 1. The van der Waals surface area contributed by atoms with Crippen molar-refractivity contribution in [2.45, 2.75) is 19.4 Å². The average Bonchev–Trinajstić information content (AvgIpc) is 2.46. The third-order valence-electron chi connectivity index (χ3n) is 2.73. The number of carbonyl (C=O) groups is 3. The Balaban J connectivity index is 3.44. The van der Waals surface area contributed by atoms with Crippen LogP contribution in [0.25, 0.3) is 0 Å². The number of halogens is 1. The highest BCUT2D eigenvalue weighted by atomic mass is 35.5. The smallest absolute Gasteiger partial charge is 0.339 e. The van der Waals surface area contributed by atoms with E-state index in [1.807, 2.05) is 0 Å². The molecule has 0 aliphatic rings. The Bertz CT molecular complexity index is 554. The molecule has 0 amide bonds. The predicted octanol–water partition coefficient (Wildman–Crippen LogP) is 1.79. The molecule has 1 rings (SSSR count). The first-order valence-electron chi connectivity index (χ1n) is 6.24. The number of aliphatic hydroxyl groups is 1. The fraction of sp³-hybridized carbons (Fsp3) is 0.357. The molecule has 0 radical (unpaired) electrons. The number of aliphatic hydroxyl groups excluding tert-OH is 1. The van der Waals surface area contributed by atoms with Crippen LogP contribution >= 0.6 is 11.6 Å². The van der Waals surface area contributed by atoms with Crippen LogP contribution in [0.15, 0.2) is 18.2 Å². The molecule has 0 bridgehead atoms. The molecule has 1 aromatic carbocycles. The predicted molar refractivity (Wildman–Crippen MR) is 74.7 cm³/mol. The van der Waals surface area contributed by atoms with E-state index in [4.69, 9.17) is 21.4 Å². The van der Waals surface area contributed by atoms with Crippen LogP contribution in [0, 0.1) is 0 Å². The zero-order valence-corrected chi connectivity index (χ0v) is 12.1. The maximum absolute atomic E-state index is 12.0. The van der Waals surface area contributed by atoms with E-state index in [0.29, 0.717) is 0 Å². The summed E-state index contributed by atoms with van der Waals surface area (Å²) in [6.07, 6.45) is -1.94. The van der Waals surface area contributed by atoms with Crippen LogP contribution in [0.1, 0.15) is 45.7 Å². The number of carbonyl (C=O) groups excluding carboxylic acids is 2. The topological polar surface area (TPSA) is 101 Å². The average molecular weight is 315 g/mol. The second-order valence-electron chi connectivity index (χ2n) is 4.09. The van der Waals surface area contributed by atoms with E-state index >= 15 is 0 Å². The van der Waals surface area contributed by atoms with Gasteiger partial charge in [0.2, 0.25) is 0 Å². The molecule has 114 valence electrons. The van der Waals surface area contributed by atoms with Crippen LogP contribution in [0.4, 0.5) is 0 Å². The minimum absolute atomic E-state index is 0.00750. The van der Waals surface area contributed by atoms with E-state index < -0.39 is 23.8 Å². The van der Waals surface area contributed by atoms with E-state index in [0.717, 1.165) is 0 Å². The van der Waals surface area contributed by atoms with E-state index in [2.05, 4.69) is 0 Å². The van der Waals surface area contributed by atoms with Gasteiger partial charge in [-0.1, -0.05) is 18.2 Å². The first kappa shape index (κ1) is 17.1. The number of benzene rings is 1. The zero-order valence-electron chi connectivity index (χ0n) is 11.3. The van der Waals surface area contributed by atoms with Gasteiger partial charge in [-0.15, -0.1) is 11.6 Å². The summed E-state index contributed by atoms with van der Waals surface area (Å²) in [5.74, 6) is -2.74. The number of carboxylic acids is 1. The summed E-state index contributed by atoms with van der Waals surface area (Å²) in [6.45, 7) is 1.63. The molecule has 0 heterocycles. The van der Waals surface area contributed by atoms with Crippen LogP contribution in [-0.4, -0.2) is 40.4 Å². The normalized spacial score (nSPS) is 11.8. The van der Waals surface area contributed by atoms with Crippen molar-refractivity contribution in [1.82, 2.24) is 0 Å². The minimum atomic E-state index is -1.92. The standard InChI is InChI=1S/C14H15ClO6/c1-2-21-14(20)11-8(10(16)6-7-15)4-3-5-9(11)12(17)13(18)19/h3-5,12,17H,2,6-7H2,1H3,(H,18,19). The lowest BCUT2D eigenvalue weighted by atomic mass is 9.94. The molecule has 6 nitrogen and oxygen atoms in total. The molecule has 0 saturated carbocycles. The van der Waals surface area contributed by atoms with Crippen LogP contribution in [0.2, 0.25) is 0 Å². The summed E-state index contributed by atoms with van der Waals surface area (Å²) in [7, 11) is 0. The van der Waals surface area contributed by atoms with Gasteiger partial charge in [0, 0.05) is 23.4 Å². The maximum atomic E-state index is 12.0. The fourth-order valence-corrected chi connectivity index (χ4v) is 1.99. The fourth-order valence-electron chi connectivity index (χ4n) is 1.81. The summed E-state index contributed by atoms with van der Waals surface area (Å²) in [5.41, 5.74) is -0.419. The van der Waals surface area contributed by atoms with E-state index in [-0.39, 0.29) is 35.6 Å². The van der Waals surface area contributed by atoms with Gasteiger partial charge >= 0.3 is 11.9 Å². The number of Topliss-reactive ketones (excluding diaryl/α,β-unsaturated/α-hetero) is 1. The zero-order chi connectivity index (χ0) is 16.0. The molecule has 0 spiro atoms. The summed E-state index contributed by atoms with van der Waals surface area (Å²) in [6, 6.07) is 4.04. The number of carboxylic acid groups (broad SMARTS) is 1. The monoisotopic (exact) mass is 314 g/mol. The van der Waals surface area contributed by atoms with Crippen molar-refractivity contribution < 1.29 is 29.3 Å². The summed E-state index contributed by atoms with van der Waals surface area (Å²) in [5, 5.41) is 18.6. The third kappa shape index (κ3) is 4.03. The number of hydrogen-bond acceptors (Lipinski definition) is 5. The number of rotatable bonds is 7. The lowest BCUT2D eigenvalue weighted by Crippen LogP contribution is -2.20. The molecule has 7 heteroatoms. The number of ether oxygens (including phenoxy) is 1. The summed E-state index contributed by atoms with van der Waals surface area (Å²) < 4.78 is 4.84. The molecule has 2 N–H and O–H groups in total.